The molecule has 0 spiro atoms. The molecule has 162 valence electrons. The first-order valence-electron chi connectivity index (χ1n) is 9.57. The molecule has 0 fully saturated rings. The third-order valence-corrected chi connectivity index (χ3v) is 4.69. The smallest absolute Gasteiger partial charge is 0.435 e. The summed E-state index contributed by atoms with van der Waals surface area (Å²) in [5.74, 6) is 0.461. The highest BCUT2D eigenvalue weighted by molar-refractivity contribution is 5.85. The molecular weight excluding hydrogens is 409 g/mol. The Kier molecular flexibility index (Phi) is 6.20. The molecule has 3 aromatic rings. The van der Waals surface area contributed by atoms with Gasteiger partial charge in [-0.1, -0.05) is 13.8 Å². The number of aromatic hydroxyl groups is 1. The topological polar surface area (TPSA) is 84.0 Å². The first kappa shape index (κ1) is 22.2. The number of halogens is 3. The van der Waals surface area contributed by atoms with Gasteiger partial charge in [0.05, 0.1) is 23.4 Å². The van der Waals surface area contributed by atoms with Crippen molar-refractivity contribution >= 4 is 0 Å². The van der Waals surface area contributed by atoms with E-state index in [9.17, 15) is 23.5 Å². The molecule has 0 bridgehead atoms. The van der Waals surface area contributed by atoms with Crippen LogP contribution in [0, 0.1) is 17.2 Å². The third-order valence-electron chi connectivity index (χ3n) is 4.69. The fourth-order valence-corrected chi connectivity index (χ4v) is 3.08. The zero-order valence-electron chi connectivity index (χ0n) is 17.2. The van der Waals surface area contributed by atoms with E-state index >= 15 is 0 Å². The summed E-state index contributed by atoms with van der Waals surface area (Å²) >= 11 is 0. The Labute approximate surface area is 177 Å². The Bertz CT molecular complexity index is 1130. The van der Waals surface area contributed by atoms with Gasteiger partial charge in [-0.25, -0.2) is 0 Å². The van der Waals surface area contributed by atoms with Crippen LogP contribution in [-0.4, -0.2) is 26.5 Å². The number of aromatic nitrogens is 3. The van der Waals surface area contributed by atoms with E-state index in [0.717, 1.165) is 17.2 Å². The van der Waals surface area contributed by atoms with Crippen LogP contribution in [0.4, 0.5) is 13.2 Å². The molecule has 2 heterocycles. The normalized spacial score (nSPS) is 11.5. The van der Waals surface area contributed by atoms with Crippen LogP contribution in [0.3, 0.4) is 0 Å². The van der Waals surface area contributed by atoms with E-state index < -0.39 is 11.9 Å². The average Bonchev–Trinajstić information content (AvgIpc) is 3.10. The minimum absolute atomic E-state index is 0.0872. The molecule has 31 heavy (non-hydrogen) atoms. The Balaban J connectivity index is 2.16. The zero-order valence-corrected chi connectivity index (χ0v) is 17.2. The molecule has 3 rings (SSSR count). The maximum absolute atomic E-state index is 13.1. The van der Waals surface area contributed by atoms with Crippen molar-refractivity contribution in [3.63, 3.8) is 0 Å². The number of ether oxygens (including phenoxy) is 1. The minimum Gasteiger partial charge on any atom is -0.506 e. The van der Waals surface area contributed by atoms with Crippen LogP contribution < -0.4 is 4.74 Å². The largest absolute Gasteiger partial charge is 0.506 e. The highest BCUT2D eigenvalue weighted by Crippen LogP contribution is 2.45. The van der Waals surface area contributed by atoms with Crippen molar-refractivity contribution in [2.24, 2.45) is 13.0 Å². The molecule has 0 saturated heterocycles. The summed E-state index contributed by atoms with van der Waals surface area (Å²) in [5.41, 5.74) is 0.117. The maximum Gasteiger partial charge on any atom is 0.435 e. The molecular formula is C22H21F3N4O2. The lowest BCUT2D eigenvalue weighted by Crippen LogP contribution is -2.06. The predicted molar refractivity (Wildman–Crippen MR) is 108 cm³/mol. The fourth-order valence-electron chi connectivity index (χ4n) is 3.08. The summed E-state index contributed by atoms with van der Waals surface area (Å²) in [6.45, 7) is 4.48. The Morgan fingerprint density at radius 2 is 1.97 bits per heavy atom. The number of benzene rings is 1. The van der Waals surface area contributed by atoms with E-state index in [-0.39, 0.29) is 28.1 Å². The van der Waals surface area contributed by atoms with Crippen LogP contribution in [-0.2, 0) is 13.2 Å². The van der Waals surface area contributed by atoms with Crippen molar-refractivity contribution in [1.29, 1.82) is 5.26 Å². The number of hydrogen-bond donors (Lipinski definition) is 1. The van der Waals surface area contributed by atoms with Crippen LogP contribution in [0.2, 0.25) is 0 Å². The van der Waals surface area contributed by atoms with Gasteiger partial charge in [0.1, 0.15) is 17.6 Å². The van der Waals surface area contributed by atoms with E-state index in [2.05, 4.69) is 10.1 Å². The zero-order chi connectivity index (χ0) is 22.8. The number of nitrogens with zero attached hydrogens (tertiary/aromatic N) is 4. The first-order chi connectivity index (χ1) is 14.6. The number of hydrogen-bond acceptors (Lipinski definition) is 5. The molecule has 0 amide bonds. The minimum atomic E-state index is -4.61. The maximum atomic E-state index is 13.1. The first-order valence-corrected chi connectivity index (χ1v) is 9.57. The van der Waals surface area contributed by atoms with Crippen LogP contribution in [0.5, 0.6) is 11.5 Å². The van der Waals surface area contributed by atoms with Gasteiger partial charge in [0, 0.05) is 30.6 Å². The van der Waals surface area contributed by atoms with Crippen molar-refractivity contribution in [2.45, 2.75) is 26.4 Å². The summed E-state index contributed by atoms with van der Waals surface area (Å²) in [4.78, 5) is 4.02. The lowest BCUT2D eigenvalue weighted by molar-refractivity contribution is -0.141. The van der Waals surface area contributed by atoms with Gasteiger partial charge in [-0.2, -0.15) is 23.5 Å². The monoisotopic (exact) mass is 430 g/mol. The Morgan fingerprint density at radius 3 is 2.58 bits per heavy atom. The molecule has 2 aromatic heterocycles. The van der Waals surface area contributed by atoms with E-state index in [0.29, 0.717) is 23.8 Å². The summed E-state index contributed by atoms with van der Waals surface area (Å²) in [6.07, 6.45) is -1.01. The van der Waals surface area contributed by atoms with Crippen molar-refractivity contribution in [3.8, 4) is 40.0 Å². The summed E-state index contributed by atoms with van der Waals surface area (Å²) in [7, 11) is 1.37. The Hall–Kier alpha value is -3.54. The second-order valence-corrected chi connectivity index (χ2v) is 7.48. The molecule has 1 N–H and O–H groups in total. The number of alkyl halides is 3. The summed E-state index contributed by atoms with van der Waals surface area (Å²) in [5, 5.41) is 23.8. The second-order valence-electron chi connectivity index (χ2n) is 7.48. The molecule has 0 radical (unpaired) electrons. The van der Waals surface area contributed by atoms with E-state index in [1.54, 1.807) is 6.07 Å². The van der Waals surface area contributed by atoms with Gasteiger partial charge in [-0.3, -0.25) is 9.67 Å². The van der Waals surface area contributed by atoms with Gasteiger partial charge < -0.3 is 9.84 Å². The third kappa shape index (κ3) is 4.79. The van der Waals surface area contributed by atoms with Crippen LogP contribution in [0.25, 0.3) is 22.4 Å². The number of phenols is 1. The van der Waals surface area contributed by atoms with Gasteiger partial charge >= 0.3 is 6.18 Å². The van der Waals surface area contributed by atoms with Crippen molar-refractivity contribution in [3.05, 3.63) is 47.9 Å². The van der Waals surface area contributed by atoms with Gasteiger partial charge in [-0.15, -0.1) is 0 Å². The summed E-state index contributed by atoms with van der Waals surface area (Å²) in [6, 6.07) is 7.47. The summed E-state index contributed by atoms with van der Waals surface area (Å²) < 4.78 is 46.2. The number of phenolic OH excluding ortho intramolecular Hbond substituents is 1. The molecule has 1 aromatic carbocycles. The second kappa shape index (κ2) is 8.68. The van der Waals surface area contributed by atoms with Crippen LogP contribution in [0.1, 0.15) is 31.5 Å². The highest BCUT2D eigenvalue weighted by Gasteiger charge is 2.35. The van der Waals surface area contributed by atoms with Crippen molar-refractivity contribution < 1.29 is 23.0 Å². The molecule has 0 unspecified atom stereocenters. The number of aryl methyl sites for hydroxylation is 1. The molecule has 0 aliphatic carbocycles. The van der Waals surface area contributed by atoms with E-state index in [4.69, 9.17) is 4.74 Å². The number of nitriles is 1. The molecule has 0 atom stereocenters. The van der Waals surface area contributed by atoms with Gasteiger partial charge in [0.15, 0.2) is 5.69 Å². The highest BCUT2D eigenvalue weighted by atomic mass is 19.4. The van der Waals surface area contributed by atoms with Crippen molar-refractivity contribution in [1.82, 2.24) is 14.8 Å². The van der Waals surface area contributed by atoms with Crippen LogP contribution in [0.15, 0.2) is 36.7 Å². The SMILES string of the molecule is CC(C)CCOc1ccc(-c2cc(C(F)(F)F)nn2C)c(O)c1-c1cncc(C#N)c1. The van der Waals surface area contributed by atoms with Crippen LogP contribution >= 0.6 is 0 Å². The van der Waals surface area contributed by atoms with Crippen molar-refractivity contribution in [2.75, 3.05) is 6.61 Å². The standard InChI is InChI=1S/C22H21F3N4O2/c1-13(2)6-7-31-18-5-4-16(17-9-19(22(23,24)25)28-29(17)3)21(30)20(18)15-8-14(10-26)11-27-12-15/h4-5,8-9,11-13,30H,6-7H2,1-3H3. The molecule has 0 saturated carbocycles. The van der Waals surface area contributed by atoms with E-state index in [1.807, 2.05) is 19.9 Å². The fraction of sp³-hybridized carbons (Fsp3) is 0.318. The molecule has 9 heteroatoms. The quantitative estimate of drug-likeness (QED) is 0.583. The van der Waals surface area contributed by atoms with Gasteiger partial charge in [-0.05, 0) is 36.6 Å². The number of rotatable bonds is 6. The van der Waals surface area contributed by atoms with Gasteiger partial charge in [0.2, 0.25) is 0 Å². The molecule has 0 aliphatic heterocycles. The lowest BCUT2D eigenvalue weighted by Gasteiger charge is -2.17. The predicted octanol–water partition coefficient (Wildman–Crippen LogP) is 5.17. The van der Waals surface area contributed by atoms with E-state index in [1.165, 1.54) is 31.6 Å². The average molecular weight is 430 g/mol. The number of pyridine rings is 1. The Morgan fingerprint density at radius 1 is 1.23 bits per heavy atom. The molecule has 0 aliphatic rings. The molecule has 6 nitrogen and oxygen atoms in total. The van der Waals surface area contributed by atoms with Gasteiger partial charge in [0.25, 0.3) is 0 Å². The lowest BCUT2D eigenvalue weighted by atomic mass is 9.98.